The molecule has 3 aromatic carbocycles. The Morgan fingerprint density at radius 1 is 0.967 bits per heavy atom. The van der Waals surface area contributed by atoms with E-state index in [4.69, 9.17) is 0 Å². The third kappa shape index (κ3) is 3.98. The summed E-state index contributed by atoms with van der Waals surface area (Å²) in [5.41, 5.74) is 6.51. The van der Waals surface area contributed by atoms with Gasteiger partial charge in [0.15, 0.2) is 0 Å². The number of hydrogen-bond acceptors (Lipinski definition) is 3. The van der Waals surface area contributed by atoms with E-state index in [2.05, 4.69) is 18.3 Å². The lowest BCUT2D eigenvalue weighted by Crippen LogP contribution is -2.28. The van der Waals surface area contributed by atoms with Crippen molar-refractivity contribution < 1.29 is 9.59 Å². The Labute approximate surface area is 181 Å². The van der Waals surface area contributed by atoms with Crippen molar-refractivity contribution in [1.29, 1.82) is 0 Å². The topological polar surface area (TPSA) is 49.4 Å². The van der Waals surface area contributed by atoms with E-state index in [1.807, 2.05) is 79.4 Å². The molecule has 1 heterocycles. The molecule has 4 nitrogen and oxygen atoms in total. The van der Waals surface area contributed by atoms with E-state index in [9.17, 15) is 9.59 Å². The third-order valence-electron chi connectivity index (χ3n) is 5.30. The lowest BCUT2D eigenvalue weighted by atomic mass is 10.1. The SMILES string of the molecule is Cc1ccc(N2C(=O)CSC2c2cccc(NC(=O)c3ccccc3C)c2)c(C)c1. The highest BCUT2D eigenvalue weighted by Crippen LogP contribution is 2.43. The number of benzene rings is 3. The number of anilines is 2. The van der Waals surface area contributed by atoms with Crippen LogP contribution in [0.4, 0.5) is 11.4 Å². The van der Waals surface area contributed by atoms with Crippen LogP contribution >= 0.6 is 11.8 Å². The Morgan fingerprint density at radius 3 is 2.53 bits per heavy atom. The molecule has 4 rings (SSSR count). The lowest BCUT2D eigenvalue weighted by molar-refractivity contribution is -0.115. The second kappa shape index (κ2) is 8.36. The predicted molar refractivity (Wildman–Crippen MR) is 124 cm³/mol. The van der Waals surface area contributed by atoms with Gasteiger partial charge in [0.25, 0.3) is 5.91 Å². The Bertz CT molecular complexity index is 1130. The van der Waals surface area contributed by atoms with Crippen LogP contribution < -0.4 is 10.2 Å². The molecule has 0 saturated carbocycles. The number of nitrogens with one attached hydrogen (secondary N) is 1. The number of hydrogen-bond donors (Lipinski definition) is 1. The second-order valence-electron chi connectivity index (χ2n) is 7.61. The molecule has 1 fully saturated rings. The van der Waals surface area contributed by atoms with Crippen LogP contribution in [0.1, 0.15) is 38.0 Å². The van der Waals surface area contributed by atoms with Gasteiger partial charge in [0, 0.05) is 16.9 Å². The Balaban J connectivity index is 1.62. The zero-order valence-electron chi connectivity index (χ0n) is 17.3. The number of thioether (sulfide) groups is 1. The number of carbonyl (C=O) groups is 2. The van der Waals surface area contributed by atoms with Gasteiger partial charge in [0.05, 0.1) is 5.75 Å². The number of carbonyl (C=O) groups excluding carboxylic acids is 2. The molecule has 1 saturated heterocycles. The molecule has 3 aromatic rings. The van der Waals surface area contributed by atoms with Gasteiger partial charge in [-0.25, -0.2) is 0 Å². The summed E-state index contributed by atoms with van der Waals surface area (Å²) in [5, 5.41) is 2.88. The first kappa shape index (κ1) is 20.2. The van der Waals surface area contributed by atoms with Crippen molar-refractivity contribution in [3.8, 4) is 0 Å². The van der Waals surface area contributed by atoms with Gasteiger partial charge in [-0.2, -0.15) is 0 Å². The molecule has 152 valence electrons. The van der Waals surface area contributed by atoms with Crippen molar-refractivity contribution >= 4 is 35.0 Å². The fourth-order valence-electron chi connectivity index (χ4n) is 3.80. The summed E-state index contributed by atoms with van der Waals surface area (Å²) < 4.78 is 0. The molecule has 0 aromatic heterocycles. The van der Waals surface area contributed by atoms with Crippen LogP contribution in [0.2, 0.25) is 0 Å². The normalized spacial score (nSPS) is 16.0. The van der Waals surface area contributed by atoms with Gasteiger partial charge < -0.3 is 5.32 Å². The van der Waals surface area contributed by atoms with Crippen LogP contribution in [0.3, 0.4) is 0 Å². The van der Waals surface area contributed by atoms with Crippen LogP contribution in [0.15, 0.2) is 66.7 Å². The van der Waals surface area contributed by atoms with Gasteiger partial charge in [-0.05, 0) is 61.7 Å². The molecular formula is C25H24N2O2S. The molecule has 30 heavy (non-hydrogen) atoms. The molecule has 1 unspecified atom stereocenters. The Morgan fingerprint density at radius 2 is 1.77 bits per heavy atom. The molecule has 1 N–H and O–H groups in total. The fraction of sp³-hybridized carbons (Fsp3) is 0.200. The minimum absolute atomic E-state index is 0.103. The van der Waals surface area contributed by atoms with Gasteiger partial charge >= 0.3 is 0 Å². The van der Waals surface area contributed by atoms with Crippen LogP contribution in [0.25, 0.3) is 0 Å². The summed E-state index contributed by atoms with van der Waals surface area (Å²) >= 11 is 1.61. The smallest absolute Gasteiger partial charge is 0.255 e. The molecule has 1 atom stereocenters. The van der Waals surface area contributed by atoms with E-state index in [0.29, 0.717) is 11.3 Å². The zero-order chi connectivity index (χ0) is 21.3. The van der Waals surface area contributed by atoms with Crippen LogP contribution in [-0.2, 0) is 4.79 Å². The van der Waals surface area contributed by atoms with Crippen LogP contribution in [0.5, 0.6) is 0 Å². The van der Waals surface area contributed by atoms with Gasteiger partial charge in [0.2, 0.25) is 5.91 Å². The lowest BCUT2D eigenvalue weighted by Gasteiger charge is -2.26. The molecule has 0 spiro atoms. The summed E-state index contributed by atoms with van der Waals surface area (Å²) in [6, 6.07) is 21.5. The number of amides is 2. The van der Waals surface area contributed by atoms with Gasteiger partial charge in [-0.15, -0.1) is 11.8 Å². The van der Waals surface area contributed by atoms with Crippen LogP contribution in [0, 0.1) is 20.8 Å². The van der Waals surface area contributed by atoms with E-state index < -0.39 is 0 Å². The third-order valence-corrected chi connectivity index (χ3v) is 6.51. The van der Waals surface area contributed by atoms with Crippen molar-refractivity contribution in [2.75, 3.05) is 16.0 Å². The summed E-state index contributed by atoms with van der Waals surface area (Å²) in [7, 11) is 0. The maximum Gasteiger partial charge on any atom is 0.255 e. The van der Waals surface area contributed by atoms with Crippen molar-refractivity contribution in [1.82, 2.24) is 0 Å². The van der Waals surface area contributed by atoms with Crippen molar-refractivity contribution in [2.24, 2.45) is 0 Å². The zero-order valence-corrected chi connectivity index (χ0v) is 18.1. The number of aryl methyl sites for hydroxylation is 3. The summed E-state index contributed by atoms with van der Waals surface area (Å²) in [6.45, 7) is 6.01. The first-order valence-corrected chi connectivity index (χ1v) is 11.0. The van der Waals surface area contributed by atoms with Crippen molar-refractivity contribution in [3.63, 3.8) is 0 Å². The second-order valence-corrected chi connectivity index (χ2v) is 8.68. The molecule has 1 aliphatic heterocycles. The van der Waals surface area contributed by atoms with Gasteiger partial charge in [0.1, 0.15) is 5.37 Å². The quantitative estimate of drug-likeness (QED) is 0.598. The van der Waals surface area contributed by atoms with E-state index in [1.54, 1.807) is 11.8 Å². The maximum atomic E-state index is 12.7. The first-order valence-electron chi connectivity index (χ1n) is 9.92. The summed E-state index contributed by atoms with van der Waals surface area (Å²) in [5.74, 6) is 0.413. The van der Waals surface area contributed by atoms with Crippen molar-refractivity contribution in [2.45, 2.75) is 26.1 Å². The molecule has 0 aliphatic carbocycles. The highest BCUT2D eigenvalue weighted by Gasteiger charge is 2.34. The molecular weight excluding hydrogens is 392 g/mol. The molecule has 5 heteroatoms. The minimum Gasteiger partial charge on any atom is -0.322 e. The maximum absolute atomic E-state index is 12.7. The minimum atomic E-state index is -0.133. The Hall–Kier alpha value is -3.05. The molecule has 0 radical (unpaired) electrons. The highest BCUT2D eigenvalue weighted by molar-refractivity contribution is 8.00. The van der Waals surface area contributed by atoms with Crippen molar-refractivity contribution in [3.05, 3.63) is 94.5 Å². The van der Waals surface area contributed by atoms with E-state index in [-0.39, 0.29) is 17.2 Å². The van der Waals surface area contributed by atoms with E-state index in [1.165, 1.54) is 5.56 Å². The fourth-order valence-corrected chi connectivity index (χ4v) is 4.96. The number of rotatable bonds is 4. The Kier molecular flexibility index (Phi) is 5.64. The predicted octanol–water partition coefficient (Wildman–Crippen LogP) is 5.64. The van der Waals surface area contributed by atoms with Gasteiger partial charge in [-0.1, -0.05) is 48.0 Å². The standard InChI is InChI=1S/C25H24N2O2S/c1-16-11-12-22(18(3)13-16)27-23(28)15-30-25(27)19-8-6-9-20(14-19)26-24(29)21-10-5-4-7-17(21)2/h4-14,25H,15H2,1-3H3,(H,26,29). The first-order chi connectivity index (χ1) is 14.4. The van der Waals surface area contributed by atoms with E-state index >= 15 is 0 Å². The molecule has 2 amide bonds. The summed E-state index contributed by atoms with van der Waals surface area (Å²) in [6.07, 6.45) is 0. The molecule has 1 aliphatic rings. The van der Waals surface area contributed by atoms with Gasteiger partial charge in [-0.3, -0.25) is 14.5 Å². The average molecular weight is 417 g/mol. The van der Waals surface area contributed by atoms with Crippen LogP contribution in [-0.4, -0.2) is 17.6 Å². The average Bonchev–Trinajstić information content (AvgIpc) is 3.10. The molecule has 0 bridgehead atoms. The van der Waals surface area contributed by atoms with E-state index in [0.717, 1.165) is 28.1 Å². The number of nitrogens with zero attached hydrogens (tertiary/aromatic N) is 1. The highest BCUT2D eigenvalue weighted by atomic mass is 32.2. The largest absolute Gasteiger partial charge is 0.322 e. The summed E-state index contributed by atoms with van der Waals surface area (Å²) in [4.78, 5) is 27.3. The monoisotopic (exact) mass is 416 g/mol.